The molecule has 2 heterocycles. The SMILES string of the molecule is CCNC(=NCCCn1nc2n(c1=O)CCCC2)N(C)Cc1ccccc1. The fourth-order valence-electron chi connectivity index (χ4n) is 3.40. The number of nitrogens with one attached hydrogen (secondary N) is 1. The highest BCUT2D eigenvalue weighted by molar-refractivity contribution is 5.79. The average Bonchev–Trinajstić information content (AvgIpc) is 3.01. The number of aliphatic imine (C=N–C) groups is 1. The van der Waals surface area contributed by atoms with Crippen LogP contribution in [0.3, 0.4) is 0 Å². The zero-order chi connectivity index (χ0) is 19.1. The van der Waals surface area contributed by atoms with Crippen molar-refractivity contribution in [1.29, 1.82) is 0 Å². The molecule has 7 heteroatoms. The zero-order valence-electron chi connectivity index (χ0n) is 16.4. The molecule has 1 N–H and O–H groups in total. The molecule has 0 saturated heterocycles. The molecule has 1 aromatic heterocycles. The van der Waals surface area contributed by atoms with Crippen LogP contribution in [0.25, 0.3) is 0 Å². The van der Waals surface area contributed by atoms with Gasteiger partial charge in [0.2, 0.25) is 0 Å². The maximum atomic E-state index is 12.4. The molecule has 146 valence electrons. The lowest BCUT2D eigenvalue weighted by atomic mass is 10.2. The van der Waals surface area contributed by atoms with E-state index in [0.717, 1.165) is 57.1 Å². The van der Waals surface area contributed by atoms with Gasteiger partial charge in [-0.05, 0) is 31.7 Å². The summed E-state index contributed by atoms with van der Waals surface area (Å²) in [5.74, 6) is 1.82. The Kier molecular flexibility index (Phi) is 6.68. The molecular weight excluding hydrogens is 340 g/mol. The largest absolute Gasteiger partial charge is 0.357 e. The smallest absolute Gasteiger partial charge is 0.345 e. The molecule has 0 unspecified atom stereocenters. The number of rotatable bonds is 7. The van der Waals surface area contributed by atoms with Crippen LogP contribution in [-0.2, 0) is 26.1 Å². The molecule has 1 aromatic carbocycles. The van der Waals surface area contributed by atoms with Crippen molar-refractivity contribution < 1.29 is 0 Å². The molecule has 1 aliphatic rings. The maximum absolute atomic E-state index is 12.4. The predicted molar refractivity (Wildman–Crippen MR) is 108 cm³/mol. The van der Waals surface area contributed by atoms with Crippen molar-refractivity contribution in [3.63, 3.8) is 0 Å². The summed E-state index contributed by atoms with van der Waals surface area (Å²) in [5, 5.41) is 7.83. The van der Waals surface area contributed by atoms with Gasteiger partial charge in [0.15, 0.2) is 5.96 Å². The lowest BCUT2D eigenvalue weighted by Gasteiger charge is -2.22. The first-order valence-corrected chi connectivity index (χ1v) is 9.89. The van der Waals surface area contributed by atoms with Gasteiger partial charge in [-0.2, -0.15) is 5.10 Å². The summed E-state index contributed by atoms with van der Waals surface area (Å²) in [6.45, 7) is 5.79. The van der Waals surface area contributed by atoms with E-state index in [0.29, 0.717) is 13.1 Å². The quantitative estimate of drug-likeness (QED) is 0.459. The van der Waals surface area contributed by atoms with Gasteiger partial charge in [-0.15, -0.1) is 0 Å². The van der Waals surface area contributed by atoms with Crippen LogP contribution in [0.15, 0.2) is 40.1 Å². The van der Waals surface area contributed by atoms with Crippen LogP contribution < -0.4 is 11.0 Å². The Bertz CT molecular complexity index is 808. The Balaban J connectivity index is 1.56. The lowest BCUT2D eigenvalue weighted by Crippen LogP contribution is -2.38. The van der Waals surface area contributed by atoms with Gasteiger partial charge >= 0.3 is 5.69 Å². The Morgan fingerprint density at radius 2 is 2.11 bits per heavy atom. The minimum absolute atomic E-state index is 0.0294. The Morgan fingerprint density at radius 3 is 2.85 bits per heavy atom. The standard InChI is InChI=1S/C20H30N6O/c1-3-21-19(24(2)16-17-10-5-4-6-11-17)22-13-9-15-26-20(27)25-14-8-7-12-18(25)23-26/h4-6,10-11H,3,7-9,12-16H2,1-2H3,(H,21,22). The van der Waals surface area contributed by atoms with Gasteiger partial charge in [0.25, 0.3) is 0 Å². The predicted octanol–water partition coefficient (Wildman–Crippen LogP) is 1.87. The van der Waals surface area contributed by atoms with Crippen molar-refractivity contribution in [2.75, 3.05) is 20.1 Å². The Labute approximate surface area is 160 Å². The minimum atomic E-state index is 0.0294. The molecule has 1 aliphatic heterocycles. The first-order valence-electron chi connectivity index (χ1n) is 9.89. The topological polar surface area (TPSA) is 67.5 Å². The molecule has 0 bridgehead atoms. The first kappa shape index (κ1) is 19.2. The summed E-state index contributed by atoms with van der Waals surface area (Å²) in [5.41, 5.74) is 1.28. The summed E-state index contributed by atoms with van der Waals surface area (Å²) >= 11 is 0. The highest BCUT2D eigenvalue weighted by Crippen LogP contribution is 2.09. The lowest BCUT2D eigenvalue weighted by molar-refractivity contribution is 0.474. The normalized spacial score (nSPS) is 14.1. The number of aryl methyl sites for hydroxylation is 2. The van der Waals surface area contributed by atoms with E-state index in [-0.39, 0.29) is 5.69 Å². The number of benzene rings is 1. The summed E-state index contributed by atoms with van der Waals surface area (Å²) in [6.07, 6.45) is 3.91. The Hall–Kier alpha value is -2.57. The van der Waals surface area contributed by atoms with E-state index in [4.69, 9.17) is 4.99 Å². The molecule has 7 nitrogen and oxygen atoms in total. The van der Waals surface area contributed by atoms with Crippen LogP contribution in [0.5, 0.6) is 0 Å². The van der Waals surface area contributed by atoms with Crippen molar-refractivity contribution in [2.45, 2.75) is 52.2 Å². The van der Waals surface area contributed by atoms with Crippen LogP contribution in [0.2, 0.25) is 0 Å². The van der Waals surface area contributed by atoms with E-state index in [1.165, 1.54) is 5.56 Å². The highest BCUT2D eigenvalue weighted by Gasteiger charge is 2.16. The van der Waals surface area contributed by atoms with E-state index >= 15 is 0 Å². The van der Waals surface area contributed by atoms with Gasteiger partial charge in [-0.25, -0.2) is 9.48 Å². The van der Waals surface area contributed by atoms with Gasteiger partial charge < -0.3 is 10.2 Å². The van der Waals surface area contributed by atoms with E-state index in [9.17, 15) is 4.79 Å². The summed E-state index contributed by atoms with van der Waals surface area (Å²) in [7, 11) is 2.04. The van der Waals surface area contributed by atoms with Gasteiger partial charge in [0.1, 0.15) is 5.82 Å². The summed E-state index contributed by atoms with van der Waals surface area (Å²) in [6, 6.07) is 10.4. The highest BCUT2D eigenvalue weighted by atomic mass is 16.2. The zero-order valence-corrected chi connectivity index (χ0v) is 16.4. The van der Waals surface area contributed by atoms with E-state index < -0.39 is 0 Å². The summed E-state index contributed by atoms with van der Waals surface area (Å²) in [4.78, 5) is 19.2. The monoisotopic (exact) mass is 370 g/mol. The number of fused-ring (bicyclic) bond motifs is 1. The number of nitrogens with zero attached hydrogens (tertiary/aromatic N) is 5. The average molecular weight is 371 g/mol. The number of hydrogen-bond donors (Lipinski definition) is 1. The van der Waals surface area contributed by atoms with Crippen LogP contribution in [-0.4, -0.2) is 45.3 Å². The van der Waals surface area contributed by atoms with Crippen molar-refractivity contribution in [3.05, 3.63) is 52.2 Å². The van der Waals surface area contributed by atoms with Crippen LogP contribution in [0.1, 0.15) is 37.6 Å². The molecule has 2 aromatic rings. The van der Waals surface area contributed by atoms with Crippen molar-refractivity contribution in [1.82, 2.24) is 24.6 Å². The van der Waals surface area contributed by atoms with Crippen LogP contribution >= 0.6 is 0 Å². The molecular formula is C20H30N6O. The van der Waals surface area contributed by atoms with Gasteiger partial charge in [-0.3, -0.25) is 9.56 Å². The van der Waals surface area contributed by atoms with E-state index in [1.807, 2.05) is 17.7 Å². The van der Waals surface area contributed by atoms with Gasteiger partial charge in [0, 0.05) is 46.2 Å². The molecule has 0 radical (unpaired) electrons. The maximum Gasteiger partial charge on any atom is 0.345 e. The molecule has 27 heavy (non-hydrogen) atoms. The number of aromatic nitrogens is 3. The number of guanidine groups is 1. The molecule has 3 rings (SSSR count). The molecule has 0 atom stereocenters. The van der Waals surface area contributed by atoms with Crippen LogP contribution in [0, 0.1) is 0 Å². The van der Waals surface area contributed by atoms with Gasteiger partial charge in [0.05, 0.1) is 0 Å². The van der Waals surface area contributed by atoms with E-state index in [2.05, 4.69) is 46.5 Å². The second-order valence-corrected chi connectivity index (χ2v) is 6.96. The van der Waals surface area contributed by atoms with Crippen molar-refractivity contribution in [3.8, 4) is 0 Å². The minimum Gasteiger partial charge on any atom is -0.357 e. The second-order valence-electron chi connectivity index (χ2n) is 6.96. The number of hydrogen-bond acceptors (Lipinski definition) is 3. The first-order chi connectivity index (χ1) is 13.2. The van der Waals surface area contributed by atoms with Crippen molar-refractivity contribution >= 4 is 5.96 Å². The van der Waals surface area contributed by atoms with Gasteiger partial charge in [-0.1, -0.05) is 30.3 Å². The van der Waals surface area contributed by atoms with E-state index in [1.54, 1.807) is 4.68 Å². The van der Waals surface area contributed by atoms with Crippen molar-refractivity contribution in [2.24, 2.45) is 4.99 Å². The second kappa shape index (κ2) is 9.39. The fourth-order valence-corrected chi connectivity index (χ4v) is 3.40. The third-order valence-electron chi connectivity index (χ3n) is 4.78. The molecule has 0 amide bonds. The molecule has 0 spiro atoms. The molecule has 0 aliphatic carbocycles. The van der Waals surface area contributed by atoms with Crippen LogP contribution in [0.4, 0.5) is 0 Å². The molecule has 0 saturated carbocycles. The molecule has 0 fully saturated rings. The summed E-state index contributed by atoms with van der Waals surface area (Å²) < 4.78 is 3.43. The third kappa shape index (κ3) is 4.99. The third-order valence-corrected chi connectivity index (χ3v) is 4.78. The Morgan fingerprint density at radius 1 is 1.30 bits per heavy atom. The fraction of sp³-hybridized carbons (Fsp3) is 0.550.